The lowest BCUT2D eigenvalue weighted by atomic mass is 9.82. The molecule has 0 fully saturated rings. The summed E-state index contributed by atoms with van der Waals surface area (Å²) < 4.78 is 4.70. The van der Waals surface area contributed by atoms with Crippen molar-refractivity contribution in [1.82, 2.24) is 24.1 Å². The fraction of sp³-hybridized carbons (Fsp3) is 0.0625. The first-order chi connectivity index (χ1) is 26.1. The number of aromatic nitrogens is 5. The Morgan fingerprint density at radius 3 is 1.57 bits per heavy atom. The molecule has 10 aromatic rings. The Bertz CT molecular complexity index is 3020. The predicted molar refractivity (Wildman–Crippen MR) is 217 cm³/mol. The first-order valence-corrected chi connectivity index (χ1v) is 18.1. The first-order valence-electron chi connectivity index (χ1n) is 18.1. The number of fused-ring (bicyclic) bond motifs is 10. The average molecular weight is 680 g/mol. The third-order valence-corrected chi connectivity index (χ3v) is 11.2. The van der Waals surface area contributed by atoms with E-state index >= 15 is 0 Å². The Kier molecular flexibility index (Phi) is 6.23. The van der Waals surface area contributed by atoms with Gasteiger partial charge in [0, 0.05) is 43.7 Å². The Labute approximate surface area is 306 Å². The molecule has 0 saturated carbocycles. The zero-order valence-corrected chi connectivity index (χ0v) is 29.3. The van der Waals surface area contributed by atoms with E-state index in [2.05, 4.69) is 150 Å². The van der Waals surface area contributed by atoms with Gasteiger partial charge in [-0.15, -0.1) is 0 Å². The van der Waals surface area contributed by atoms with Crippen LogP contribution in [0.25, 0.3) is 89.2 Å². The molecule has 5 nitrogen and oxygen atoms in total. The summed E-state index contributed by atoms with van der Waals surface area (Å²) in [6.45, 7) is 4.69. The number of hydrogen-bond acceptors (Lipinski definition) is 3. The lowest BCUT2D eigenvalue weighted by molar-refractivity contribution is 0.660. The molecule has 0 aliphatic heterocycles. The van der Waals surface area contributed by atoms with Crippen molar-refractivity contribution in [3.05, 3.63) is 175 Å². The fourth-order valence-electron chi connectivity index (χ4n) is 8.81. The van der Waals surface area contributed by atoms with Gasteiger partial charge in [-0.25, -0.2) is 4.98 Å². The second-order valence-electron chi connectivity index (χ2n) is 14.4. The highest BCUT2D eigenvalue weighted by Crippen LogP contribution is 2.52. The van der Waals surface area contributed by atoms with Crippen LogP contribution in [0, 0.1) is 0 Å². The van der Waals surface area contributed by atoms with Gasteiger partial charge in [-0.1, -0.05) is 147 Å². The highest BCUT2D eigenvalue weighted by atomic mass is 15.2. The van der Waals surface area contributed by atoms with E-state index in [1.165, 1.54) is 55.1 Å². The van der Waals surface area contributed by atoms with Gasteiger partial charge in [0.1, 0.15) is 0 Å². The minimum atomic E-state index is -0.0941. The van der Waals surface area contributed by atoms with Crippen LogP contribution in [-0.4, -0.2) is 24.1 Å². The van der Waals surface area contributed by atoms with Crippen molar-refractivity contribution < 1.29 is 0 Å². The third-order valence-electron chi connectivity index (χ3n) is 11.2. The summed E-state index contributed by atoms with van der Waals surface area (Å²) in [5.74, 6) is 1.87. The SMILES string of the molecule is CC1(C)c2ccccc2-c2c(-n3c4ccccc4c4c5c6ccccc6n(-c6nc(-c7ccccc7)nc(-c7ccccc7)n6)c5ccc43)cccc21. The summed E-state index contributed by atoms with van der Waals surface area (Å²) in [5, 5.41) is 4.77. The van der Waals surface area contributed by atoms with Crippen molar-refractivity contribution in [3.8, 4) is 45.5 Å². The lowest BCUT2D eigenvalue weighted by Crippen LogP contribution is -2.14. The molecule has 0 spiro atoms. The van der Waals surface area contributed by atoms with Gasteiger partial charge in [0.15, 0.2) is 11.6 Å². The zero-order valence-electron chi connectivity index (χ0n) is 29.3. The van der Waals surface area contributed by atoms with Crippen molar-refractivity contribution in [1.29, 1.82) is 0 Å². The normalized spacial score (nSPS) is 13.2. The van der Waals surface area contributed by atoms with Crippen molar-refractivity contribution in [2.24, 2.45) is 0 Å². The lowest BCUT2D eigenvalue weighted by Gasteiger charge is -2.21. The topological polar surface area (TPSA) is 48.5 Å². The van der Waals surface area contributed by atoms with Gasteiger partial charge in [0.05, 0.1) is 27.8 Å². The molecule has 5 heteroatoms. The number of rotatable bonds is 4. The Morgan fingerprint density at radius 2 is 0.925 bits per heavy atom. The van der Waals surface area contributed by atoms with Crippen molar-refractivity contribution in [2.45, 2.75) is 19.3 Å². The molecule has 1 aliphatic carbocycles. The van der Waals surface area contributed by atoms with E-state index in [0.29, 0.717) is 17.6 Å². The summed E-state index contributed by atoms with van der Waals surface area (Å²) >= 11 is 0. The fourth-order valence-corrected chi connectivity index (χ4v) is 8.81. The molecule has 3 heterocycles. The van der Waals surface area contributed by atoms with Crippen LogP contribution in [0.3, 0.4) is 0 Å². The molecule has 3 aromatic heterocycles. The minimum Gasteiger partial charge on any atom is -0.309 e. The number of para-hydroxylation sites is 2. The van der Waals surface area contributed by atoms with Gasteiger partial charge in [-0.3, -0.25) is 4.57 Å². The van der Waals surface area contributed by atoms with E-state index in [1.807, 2.05) is 36.4 Å². The summed E-state index contributed by atoms with van der Waals surface area (Å²) in [5.41, 5.74) is 12.8. The predicted octanol–water partition coefficient (Wildman–Crippen LogP) is 11.7. The molecule has 0 bridgehead atoms. The first kappa shape index (κ1) is 29.8. The van der Waals surface area contributed by atoms with E-state index < -0.39 is 0 Å². The smallest absolute Gasteiger partial charge is 0.238 e. The Morgan fingerprint density at radius 1 is 0.415 bits per heavy atom. The maximum absolute atomic E-state index is 5.18. The Hall–Kier alpha value is -6.85. The third kappa shape index (κ3) is 4.22. The maximum atomic E-state index is 5.18. The van der Waals surface area contributed by atoms with E-state index in [1.54, 1.807) is 0 Å². The second-order valence-corrected chi connectivity index (χ2v) is 14.4. The van der Waals surface area contributed by atoms with Crippen LogP contribution < -0.4 is 0 Å². The molecule has 0 unspecified atom stereocenters. The minimum absolute atomic E-state index is 0.0941. The number of hydrogen-bond donors (Lipinski definition) is 0. The van der Waals surface area contributed by atoms with E-state index in [4.69, 9.17) is 15.0 Å². The van der Waals surface area contributed by atoms with E-state index in [-0.39, 0.29) is 5.41 Å². The second kappa shape index (κ2) is 11.1. The molecule has 11 rings (SSSR count). The molecule has 0 saturated heterocycles. The molecular weight excluding hydrogens is 647 g/mol. The van der Waals surface area contributed by atoms with E-state index in [9.17, 15) is 0 Å². The molecule has 250 valence electrons. The van der Waals surface area contributed by atoms with Gasteiger partial charge in [-0.2, -0.15) is 9.97 Å². The average Bonchev–Trinajstić information content (AvgIpc) is 3.82. The zero-order chi connectivity index (χ0) is 35.3. The molecule has 7 aromatic carbocycles. The summed E-state index contributed by atoms with van der Waals surface area (Å²) in [6.07, 6.45) is 0. The standard InChI is InChI=1S/C48H33N5/c1-48(2)35-23-12-9-20-32(35)42-36(48)24-15-27-39(42)52-37-25-13-10-21-33(37)43-40(52)28-29-41-44(43)34-22-11-14-26-38(34)53(41)47-50-45(30-16-5-3-6-17-30)49-46(51-47)31-18-7-4-8-19-31/h3-29H,1-2H3. The van der Waals surface area contributed by atoms with Crippen LogP contribution in [0.2, 0.25) is 0 Å². The molecular formula is C48H33N5. The van der Waals surface area contributed by atoms with Gasteiger partial charge in [0.25, 0.3) is 0 Å². The van der Waals surface area contributed by atoms with Crippen LogP contribution >= 0.6 is 0 Å². The molecule has 1 aliphatic rings. The van der Waals surface area contributed by atoms with Crippen LogP contribution in [0.5, 0.6) is 0 Å². The quantitative estimate of drug-likeness (QED) is 0.186. The highest BCUT2D eigenvalue weighted by Gasteiger charge is 2.37. The summed E-state index contributed by atoms with van der Waals surface area (Å²) in [4.78, 5) is 15.3. The number of nitrogens with zero attached hydrogens (tertiary/aromatic N) is 5. The van der Waals surface area contributed by atoms with Crippen LogP contribution in [0.15, 0.2) is 164 Å². The van der Waals surface area contributed by atoms with Crippen molar-refractivity contribution in [2.75, 3.05) is 0 Å². The van der Waals surface area contributed by atoms with Crippen LogP contribution in [0.1, 0.15) is 25.0 Å². The van der Waals surface area contributed by atoms with Gasteiger partial charge in [0.2, 0.25) is 5.95 Å². The molecule has 0 amide bonds. The van der Waals surface area contributed by atoms with Crippen molar-refractivity contribution >= 4 is 43.6 Å². The molecule has 0 N–H and O–H groups in total. The molecule has 0 radical (unpaired) electrons. The van der Waals surface area contributed by atoms with Gasteiger partial charge < -0.3 is 4.57 Å². The number of benzene rings is 7. The van der Waals surface area contributed by atoms with Gasteiger partial charge in [-0.05, 0) is 47.0 Å². The Balaban J connectivity index is 1.24. The highest BCUT2D eigenvalue weighted by molar-refractivity contribution is 6.29. The summed E-state index contributed by atoms with van der Waals surface area (Å²) in [6, 6.07) is 58.1. The molecule has 0 atom stereocenters. The van der Waals surface area contributed by atoms with Crippen molar-refractivity contribution in [3.63, 3.8) is 0 Å². The van der Waals surface area contributed by atoms with E-state index in [0.717, 1.165) is 27.5 Å². The molecule has 53 heavy (non-hydrogen) atoms. The largest absolute Gasteiger partial charge is 0.309 e. The maximum Gasteiger partial charge on any atom is 0.238 e. The monoisotopic (exact) mass is 679 g/mol. The van der Waals surface area contributed by atoms with Gasteiger partial charge >= 0.3 is 0 Å². The van der Waals surface area contributed by atoms with Crippen LogP contribution in [-0.2, 0) is 5.41 Å². The summed E-state index contributed by atoms with van der Waals surface area (Å²) in [7, 11) is 0. The van der Waals surface area contributed by atoms with Crippen LogP contribution in [0.4, 0.5) is 0 Å².